The largest absolute Gasteiger partial charge is 0.384 e. The Labute approximate surface area is 124 Å². The zero-order valence-electron chi connectivity index (χ0n) is 12.5. The number of rotatable bonds is 2. The van der Waals surface area contributed by atoms with Gasteiger partial charge in [0.1, 0.15) is 6.10 Å². The molecule has 0 saturated carbocycles. The molecule has 0 amide bonds. The summed E-state index contributed by atoms with van der Waals surface area (Å²) in [6.07, 6.45) is 6.16. The van der Waals surface area contributed by atoms with Gasteiger partial charge in [0.15, 0.2) is 0 Å². The number of fused-ring (bicyclic) bond motifs is 1. The molecule has 0 spiro atoms. The number of nitrogens with zero attached hydrogens (tertiary/aromatic N) is 3. The Kier molecular flexibility index (Phi) is 3.26. The van der Waals surface area contributed by atoms with E-state index in [0.29, 0.717) is 0 Å². The molecule has 0 aliphatic carbocycles. The molecule has 0 aliphatic rings. The quantitative estimate of drug-likeness (QED) is 0.785. The molecule has 2 aromatic heterocycles. The predicted octanol–water partition coefficient (Wildman–Crippen LogP) is 3.11. The lowest BCUT2D eigenvalue weighted by Gasteiger charge is -2.20. The maximum atomic E-state index is 10.6. The van der Waals surface area contributed by atoms with Crippen molar-refractivity contribution in [1.29, 1.82) is 0 Å². The standard InChI is InChI=1S/C17H19N3O/c1-17(2,3)13-6-4-12(5-7-13)16(21)14-10-19-20-9-8-18-11-15(14)20/h4-11,16,21H,1-3H3. The number of hydrogen-bond donors (Lipinski definition) is 1. The van der Waals surface area contributed by atoms with Crippen LogP contribution in [0.15, 0.2) is 49.1 Å². The van der Waals surface area contributed by atoms with E-state index in [1.54, 1.807) is 29.3 Å². The summed E-state index contributed by atoms with van der Waals surface area (Å²) in [7, 11) is 0. The molecule has 1 N–H and O–H groups in total. The van der Waals surface area contributed by atoms with E-state index in [2.05, 4.69) is 43.0 Å². The van der Waals surface area contributed by atoms with E-state index < -0.39 is 6.10 Å². The van der Waals surface area contributed by atoms with Crippen LogP contribution in [0, 0.1) is 0 Å². The van der Waals surface area contributed by atoms with Gasteiger partial charge in [-0.25, -0.2) is 4.52 Å². The first-order chi connectivity index (χ1) is 9.97. The second kappa shape index (κ2) is 4.97. The molecule has 0 radical (unpaired) electrons. The Balaban J connectivity index is 1.97. The van der Waals surface area contributed by atoms with Crippen molar-refractivity contribution in [3.63, 3.8) is 0 Å². The first-order valence-corrected chi connectivity index (χ1v) is 7.02. The third-order valence-corrected chi connectivity index (χ3v) is 3.74. The summed E-state index contributed by atoms with van der Waals surface area (Å²) in [5, 5.41) is 14.8. The Hall–Kier alpha value is -2.20. The number of aliphatic hydroxyl groups excluding tert-OH is 1. The third-order valence-electron chi connectivity index (χ3n) is 3.74. The minimum atomic E-state index is -0.694. The molecule has 0 aliphatic heterocycles. The SMILES string of the molecule is CC(C)(C)c1ccc(C(O)c2cnn3ccncc23)cc1. The Bertz CT molecular complexity index is 754. The average molecular weight is 281 g/mol. The zero-order chi connectivity index (χ0) is 15.0. The van der Waals surface area contributed by atoms with Gasteiger partial charge in [-0.3, -0.25) is 4.98 Å². The van der Waals surface area contributed by atoms with Crippen LogP contribution in [0.2, 0.25) is 0 Å². The van der Waals surface area contributed by atoms with E-state index in [-0.39, 0.29) is 5.41 Å². The minimum Gasteiger partial charge on any atom is -0.384 e. The fourth-order valence-corrected chi connectivity index (χ4v) is 2.41. The molecule has 21 heavy (non-hydrogen) atoms. The molecule has 3 rings (SSSR count). The van der Waals surface area contributed by atoms with Crippen molar-refractivity contribution in [1.82, 2.24) is 14.6 Å². The first kappa shape index (κ1) is 13.8. The second-order valence-electron chi connectivity index (χ2n) is 6.28. The van der Waals surface area contributed by atoms with E-state index >= 15 is 0 Å². The summed E-state index contributed by atoms with van der Waals surface area (Å²) in [5.74, 6) is 0. The number of aromatic nitrogens is 3. The van der Waals surface area contributed by atoms with E-state index in [9.17, 15) is 5.11 Å². The van der Waals surface area contributed by atoms with Gasteiger partial charge in [0.25, 0.3) is 0 Å². The number of aliphatic hydroxyl groups is 1. The Morgan fingerprint density at radius 3 is 2.48 bits per heavy atom. The van der Waals surface area contributed by atoms with Gasteiger partial charge in [0.2, 0.25) is 0 Å². The molecule has 1 unspecified atom stereocenters. The molecule has 1 atom stereocenters. The molecule has 0 fully saturated rings. The molecule has 4 nitrogen and oxygen atoms in total. The topological polar surface area (TPSA) is 50.4 Å². The lowest BCUT2D eigenvalue weighted by Crippen LogP contribution is -2.11. The molecule has 0 bridgehead atoms. The van der Waals surface area contributed by atoms with Crippen LogP contribution in [0.3, 0.4) is 0 Å². The molecule has 4 heteroatoms. The van der Waals surface area contributed by atoms with Crippen molar-refractivity contribution in [3.05, 3.63) is 65.7 Å². The fourth-order valence-electron chi connectivity index (χ4n) is 2.41. The van der Waals surface area contributed by atoms with Crippen molar-refractivity contribution in [3.8, 4) is 0 Å². The van der Waals surface area contributed by atoms with Gasteiger partial charge in [-0.2, -0.15) is 5.10 Å². The maximum Gasteiger partial charge on any atom is 0.108 e. The molecule has 2 heterocycles. The summed E-state index contributed by atoms with van der Waals surface area (Å²) >= 11 is 0. The predicted molar refractivity (Wildman–Crippen MR) is 82.2 cm³/mol. The van der Waals surface area contributed by atoms with Gasteiger partial charge in [-0.05, 0) is 16.5 Å². The van der Waals surface area contributed by atoms with Crippen LogP contribution in [0.4, 0.5) is 0 Å². The summed E-state index contributed by atoms with van der Waals surface area (Å²) in [6.45, 7) is 6.53. The van der Waals surface area contributed by atoms with Gasteiger partial charge >= 0.3 is 0 Å². The average Bonchev–Trinajstić information content (AvgIpc) is 2.90. The van der Waals surface area contributed by atoms with Crippen molar-refractivity contribution < 1.29 is 5.11 Å². The molecule has 0 saturated heterocycles. The number of benzene rings is 1. The lowest BCUT2D eigenvalue weighted by molar-refractivity contribution is 0.221. The number of hydrogen-bond acceptors (Lipinski definition) is 3. The normalized spacial score (nSPS) is 13.5. The van der Waals surface area contributed by atoms with Crippen LogP contribution in [-0.2, 0) is 5.41 Å². The van der Waals surface area contributed by atoms with E-state index in [4.69, 9.17) is 0 Å². The van der Waals surface area contributed by atoms with E-state index in [0.717, 1.165) is 16.6 Å². The van der Waals surface area contributed by atoms with Crippen LogP contribution in [0.25, 0.3) is 5.52 Å². The highest BCUT2D eigenvalue weighted by Gasteiger charge is 2.18. The van der Waals surface area contributed by atoms with Crippen LogP contribution < -0.4 is 0 Å². The molecular weight excluding hydrogens is 262 g/mol. The van der Waals surface area contributed by atoms with Gasteiger partial charge in [0.05, 0.1) is 17.9 Å². The van der Waals surface area contributed by atoms with Crippen LogP contribution in [0.5, 0.6) is 0 Å². The zero-order valence-corrected chi connectivity index (χ0v) is 12.5. The maximum absolute atomic E-state index is 10.6. The van der Waals surface area contributed by atoms with Gasteiger partial charge in [-0.1, -0.05) is 45.0 Å². The van der Waals surface area contributed by atoms with Gasteiger partial charge in [0, 0.05) is 18.0 Å². The highest BCUT2D eigenvalue weighted by molar-refractivity contribution is 5.55. The minimum absolute atomic E-state index is 0.109. The summed E-state index contributed by atoms with van der Waals surface area (Å²) < 4.78 is 1.72. The van der Waals surface area contributed by atoms with E-state index in [1.807, 2.05) is 12.1 Å². The van der Waals surface area contributed by atoms with Crippen molar-refractivity contribution >= 4 is 5.52 Å². The second-order valence-corrected chi connectivity index (χ2v) is 6.28. The molecule has 108 valence electrons. The Morgan fingerprint density at radius 2 is 1.81 bits per heavy atom. The summed E-state index contributed by atoms with van der Waals surface area (Å²) in [4.78, 5) is 4.10. The van der Waals surface area contributed by atoms with Gasteiger partial charge < -0.3 is 5.11 Å². The van der Waals surface area contributed by atoms with Crippen molar-refractivity contribution in [2.24, 2.45) is 0 Å². The van der Waals surface area contributed by atoms with Crippen LogP contribution in [0.1, 0.15) is 43.6 Å². The molecule has 1 aromatic carbocycles. The van der Waals surface area contributed by atoms with Crippen molar-refractivity contribution in [2.75, 3.05) is 0 Å². The highest BCUT2D eigenvalue weighted by Crippen LogP contribution is 2.28. The van der Waals surface area contributed by atoms with Crippen molar-refractivity contribution in [2.45, 2.75) is 32.3 Å². The van der Waals surface area contributed by atoms with E-state index in [1.165, 1.54) is 5.56 Å². The van der Waals surface area contributed by atoms with Gasteiger partial charge in [-0.15, -0.1) is 0 Å². The summed E-state index contributed by atoms with van der Waals surface area (Å²) in [6, 6.07) is 8.10. The fraction of sp³-hybridized carbons (Fsp3) is 0.294. The molecule has 3 aromatic rings. The van der Waals surface area contributed by atoms with Crippen LogP contribution >= 0.6 is 0 Å². The lowest BCUT2D eigenvalue weighted by atomic mass is 9.86. The Morgan fingerprint density at radius 1 is 1.10 bits per heavy atom. The monoisotopic (exact) mass is 281 g/mol. The third kappa shape index (κ3) is 2.54. The highest BCUT2D eigenvalue weighted by atomic mass is 16.3. The first-order valence-electron chi connectivity index (χ1n) is 7.02. The summed E-state index contributed by atoms with van der Waals surface area (Å²) in [5.41, 5.74) is 3.82. The smallest absolute Gasteiger partial charge is 0.108 e. The molecular formula is C17H19N3O. The van der Waals surface area contributed by atoms with Crippen LogP contribution in [-0.4, -0.2) is 19.7 Å².